The van der Waals surface area contributed by atoms with E-state index in [9.17, 15) is 4.79 Å². The van der Waals surface area contributed by atoms with Gasteiger partial charge in [0.25, 0.3) is 0 Å². The molecule has 0 N–H and O–H groups in total. The van der Waals surface area contributed by atoms with Crippen molar-refractivity contribution in [3.8, 4) is 0 Å². The molecule has 0 aliphatic carbocycles. The molecule has 96 valence electrons. The summed E-state index contributed by atoms with van der Waals surface area (Å²) in [6.07, 6.45) is 2.74. The summed E-state index contributed by atoms with van der Waals surface area (Å²) < 4.78 is 4.57. The second-order valence-electron chi connectivity index (χ2n) is 2.95. The Hall–Kier alpha value is -1.57. The monoisotopic (exact) mass is 236 g/mol. The molecule has 0 fully saturated rings. The Balaban J connectivity index is 0. The number of carbonyl (C=O) groups excluding carboxylic acids is 1. The van der Waals surface area contributed by atoms with Crippen LogP contribution in [0.15, 0.2) is 36.9 Å². The lowest BCUT2D eigenvalue weighted by Crippen LogP contribution is -2.00. The van der Waals surface area contributed by atoms with Crippen LogP contribution in [0, 0.1) is 0 Å². The van der Waals surface area contributed by atoms with Crippen molar-refractivity contribution >= 4 is 5.97 Å². The van der Waals surface area contributed by atoms with Gasteiger partial charge in [-0.15, -0.1) is 6.58 Å². The van der Waals surface area contributed by atoms with Crippen molar-refractivity contribution in [2.75, 3.05) is 7.11 Å². The highest BCUT2D eigenvalue weighted by molar-refractivity contribution is 5.89. The predicted octanol–water partition coefficient (Wildman–Crippen LogP) is 4.25. The molecular weight excluding hydrogens is 212 g/mol. The van der Waals surface area contributed by atoms with Gasteiger partial charge in [0.2, 0.25) is 0 Å². The summed E-state index contributed by atoms with van der Waals surface area (Å²) in [5.74, 6) is -0.280. The van der Waals surface area contributed by atoms with Crippen LogP contribution in [-0.2, 0) is 11.2 Å². The summed E-state index contributed by atoms with van der Waals surface area (Å²) in [7, 11) is 1.38. The SMILES string of the molecule is C=CC.CC.CCc1ccc(C(=O)OC)cc1. The number of methoxy groups -OCH3 is 1. The molecule has 0 spiro atoms. The molecular formula is C15H24O2. The van der Waals surface area contributed by atoms with Gasteiger partial charge in [0, 0.05) is 0 Å². The number of aryl methyl sites for hydroxylation is 1. The first kappa shape index (κ1) is 17.8. The van der Waals surface area contributed by atoms with Crippen LogP contribution < -0.4 is 0 Å². The van der Waals surface area contributed by atoms with Gasteiger partial charge in [-0.25, -0.2) is 4.79 Å². The molecule has 0 saturated carbocycles. The largest absolute Gasteiger partial charge is 0.465 e. The number of ether oxygens (including phenoxy) is 1. The normalized spacial score (nSPS) is 7.82. The van der Waals surface area contributed by atoms with E-state index in [1.54, 1.807) is 18.2 Å². The zero-order chi connectivity index (χ0) is 13.7. The Morgan fingerprint density at radius 3 is 2.00 bits per heavy atom. The van der Waals surface area contributed by atoms with E-state index in [2.05, 4.69) is 18.2 Å². The summed E-state index contributed by atoms with van der Waals surface area (Å²) in [4.78, 5) is 11.0. The van der Waals surface area contributed by atoms with Crippen LogP contribution >= 0.6 is 0 Å². The van der Waals surface area contributed by atoms with Gasteiger partial charge in [0.05, 0.1) is 12.7 Å². The van der Waals surface area contributed by atoms with E-state index in [-0.39, 0.29) is 5.97 Å². The molecule has 0 saturated heterocycles. The highest BCUT2D eigenvalue weighted by Crippen LogP contribution is 2.05. The molecule has 0 bridgehead atoms. The molecule has 0 radical (unpaired) electrons. The number of hydrogen-bond acceptors (Lipinski definition) is 2. The fraction of sp³-hybridized carbons (Fsp3) is 0.400. The number of hydrogen-bond donors (Lipinski definition) is 0. The first-order chi connectivity index (χ1) is 8.19. The Morgan fingerprint density at radius 2 is 1.71 bits per heavy atom. The third-order valence-electron chi connectivity index (χ3n) is 1.78. The van der Waals surface area contributed by atoms with Crippen LogP contribution in [0.3, 0.4) is 0 Å². The van der Waals surface area contributed by atoms with Crippen LogP contribution in [0.2, 0.25) is 0 Å². The zero-order valence-corrected chi connectivity index (χ0v) is 11.6. The van der Waals surface area contributed by atoms with E-state index >= 15 is 0 Å². The minimum absolute atomic E-state index is 0.280. The topological polar surface area (TPSA) is 26.3 Å². The van der Waals surface area contributed by atoms with E-state index in [0.717, 1.165) is 6.42 Å². The van der Waals surface area contributed by atoms with Crippen molar-refractivity contribution in [3.05, 3.63) is 48.0 Å². The van der Waals surface area contributed by atoms with Crippen molar-refractivity contribution in [1.82, 2.24) is 0 Å². The van der Waals surface area contributed by atoms with Crippen molar-refractivity contribution in [1.29, 1.82) is 0 Å². The minimum atomic E-state index is -0.280. The predicted molar refractivity (Wildman–Crippen MR) is 74.4 cm³/mol. The summed E-state index contributed by atoms with van der Waals surface area (Å²) >= 11 is 0. The van der Waals surface area contributed by atoms with Gasteiger partial charge in [0.1, 0.15) is 0 Å². The van der Waals surface area contributed by atoms with Gasteiger partial charge < -0.3 is 4.74 Å². The number of benzene rings is 1. The van der Waals surface area contributed by atoms with Crippen molar-refractivity contribution in [3.63, 3.8) is 0 Å². The van der Waals surface area contributed by atoms with E-state index < -0.39 is 0 Å². The molecule has 0 atom stereocenters. The fourth-order valence-corrected chi connectivity index (χ4v) is 0.994. The van der Waals surface area contributed by atoms with E-state index in [1.807, 2.05) is 32.9 Å². The van der Waals surface area contributed by atoms with Gasteiger partial charge in [-0.05, 0) is 31.0 Å². The molecule has 2 nitrogen and oxygen atoms in total. The van der Waals surface area contributed by atoms with Crippen LogP contribution in [0.4, 0.5) is 0 Å². The van der Waals surface area contributed by atoms with Crippen LogP contribution in [-0.4, -0.2) is 13.1 Å². The highest BCUT2D eigenvalue weighted by Gasteiger charge is 2.02. The van der Waals surface area contributed by atoms with Crippen LogP contribution in [0.1, 0.15) is 43.6 Å². The van der Waals surface area contributed by atoms with Crippen LogP contribution in [0.25, 0.3) is 0 Å². The van der Waals surface area contributed by atoms with E-state index in [1.165, 1.54) is 12.7 Å². The van der Waals surface area contributed by atoms with Gasteiger partial charge >= 0.3 is 5.97 Å². The van der Waals surface area contributed by atoms with Crippen molar-refractivity contribution in [2.45, 2.75) is 34.1 Å². The first-order valence-electron chi connectivity index (χ1n) is 5.93. The molecule has 0 unspecified atom stereocenters. The molecule has 0 amide bonds. The standard InChI is InChI=1S/C10H12O2.C3H6.C2H6/c1-3-8-4-6-9(7-5-8)10(11)12-2;1-3-2;1-2/h4-7H,3H2,1-2H3;3H,1H2,2H3;1-2H3. The maximum atomic E-state index is 11.0. The zero-order valence-electron chi connectivity index (χ0n) is 11.6. The average molecular weight is 236 g/mol. The average Bonchev–Trinajstić information content (AvgIpc) is 2.41. The lowest BCUT2D eigenvalue weighted by molar-refractivity contribution is 0.0600. The molecule has 1 aromatic rings. The number of allylic oxidation sites excluding steroid dienone is 1. The van der Waals surface area contributed by atoms with Crippen molar-refractivity contribution in [2.24, 2.45) is 0 Å². The maximum absolute atomic E-state index is 11.0. The molecule has 1 aromatic carbocycles. The quantitative estimate of drug-likeness (QED) is 0.566. The summed E-state index contributed by atoms with van der Waals surface area (Å²) in [6, 6.07) is 7.44. The van der Waals surface area contributed by atoms with Crippen molar-refractivity contribution < 1.29 is 9.53 Å². The molecule has 1 rings (SSSR count). The molecule has 17 heavy (non-hydrogen) atoms. The van der Waals surface area contributed by atoms with Gasteiger partial charge in [-0.3, -0.25) is 0 Å². The smallest absolute Gasteiger partial charge is 0.337 e. The van der Waals surface area contributed by atoms with Gasteiger partial charge in [0.15, 0.2) is 0 Å². The first-order valence-corrected chi connectivity index (χ1v) is 5.93. The molecule has 2 heteroatoms. The lowest BCUT2D eigenvalue weighted by atomic mass is 10.1. The van der Waals surface area contributed by atoms with Crippen LogP contribution in [0.5, 0.6) is 0 Å². The van der Waals surface area contributed by atoms with Gasteiger partial charge in [-0.1, -0.05) is 39.0 Å². The van der Waals surface area contributed by atoms with E-state index in [4.69, 9.17) is 0 Å². The third kappa shape index (κ3) is 8.26. The van der Waals surface area contributed by atoms with Gasteiger partial charge in [-0.2, -0.15) is 0 Å². The Bertz CT molecular complexity index is 299. The minimum Gasteiger partial charge on any atom is -0.465 e. The Labute approximate surface area is 105 Å². The summed E-state index contributed by atoms with van der Waals surface area (Å²) in [5.41, 5.74) is 1.83. The molecule has 0 aromatic heterocycles. The second-order valence-corrected chi connectivity index (χ2v) is 2.95. The fourth-order valence-electron chi connectivity index (χ4n) is 0.994. The molecule has 0 heterocycles. The highest BCUT2D eigenvalue weighted by atomic mass is 16.5. The molecule has 0 aliphatic rings. The van der Waals surface area contributed by atoms with E-state index in [0.29, 0.717) is 5.56 Å². The number of carbonyl (C=O) groups is 1. The maximum Gasteiger partial charge on any atom is 0.337 e. The third-order valence-corrected chi connectivity index (χ3v) is 1.78. The second kappa shape index (κ2) is 12.5. The number of esters is 1. The summed E-state index contributed by atoms with van der Waals surface area (Å²) in [5, 5.41) is 0. The molecule has 0 aliphatic heterocycles. The Morgan fingerprint density at radius 1 is 1.29 bits per heavy atom. The number of rotatable bonds is 2. The Kier molecular flexibility index (Phi) is 13.1. The summed E-state index contributed by atoms with van der Waals surface area (Å²) in [6.45, 7) is 11.3. The lowest BCUT2D eigenvalue weighted by Gasteiger charge is -1.99.